The second-order valence-electron chi connectivity index (χ2n) is 5.21. The minimum atomic E-state index is -0.508. The summed E-state index contributed by atoms with van der Waals surface area (Å²) < 4.78 is 10.4. The van der Waals surface area contributed by atoms with Crippen molar-refractivity contribution in [2.75, 3.05) is 12.1 Å². The number of benzene rings is 2. The molecular weight excluding hydrogens is 344 g/mol. The van der Waals surface area contributed by atoms with Crippen LogP contribution in [-0.4, -0.2) is 23.0 Å². The molecule has 0 amide bonds. The Morgan fingerprint density at radius 3 is 2.64 bits per heavy atom. The fourth-order valence-corrected chi connectivity index (χ4v) is 2.34. The van der Waals surface area contributed by atoms with Gasteiger partial charge < -0.3 is 14.8 Å². The van der Waals surface area contributed by atoms with E-state index < -0.39 is 4.92 Å². The summed E-state index contributed by atoms with van der Waals surface area (Å²) in [7, 11) is 0. The third-order valence-corrected chi connectivity index (χ3v) is 3.59. The molecular formula is C16H14N4O4S. The highest BCUT2D eigenvalue weighted by atomic mass is 32.1. The quantitative estimate of drug-likeness (QED) is 0.375. The smallest absolute Gasteiger partial charge is 0.282 e. The van der Waals surface area contributed by atoms with Crippen molar-refractivity contribution >= 4 is 34.9 Å². The van der Waals surface area contributed by atoms with Gasteiger partial charge in [-0.15, -0.1) is 0 Å². The molecule has 128 valence electrons. The second kappa shape index (κ2) is 7.14. The number of hydrogen-bond donors (Lipinski definition) is 2. The van der Waals surface area contributed by atoms with Gasteiger partial charge in [0, 0.05) is 5.69 Å². The molecule has 8 nitrogen and oxygen atoms in total. The van der Waals surface area contributed by atoms with E-state index in [1.54, 1.807) is 0 Å². The molecule has 2 aromatic rings. The van der Waals surface area contributed by atoms with Crippen LogP contribution in [0.3, 0.4) is 0 Å². The van der Waals surface area contributed by atoms with E-state index >= 15 is 0 Å². The van der Waals surface area contributed by atoms with Gasteiger partial charge in [-0.3, -0.25) is 15.5 Å². The van der Waals surface area contributed by atoms with Crippen LogP contribution >= 0.6 is 12.2 Å². The fraction of sp³-hybridized carbons (Fsp3) is 0.125. The zero-order valence-corrected chi connectivity index (χ0v) is 14.0. The summed E-state index contributed by atoms with van der Waals surface area (Å²) in [5.74, 6) is 0.778. The molecule has 25 heavy (non-hydrogen) atoms. The maximum atomic E-state index is 11.2. The molecule has 2 aromatic carbocycles. The van der Waals surface area contributed by atoms with Gasteiger partial charge >= 0.3 is 0 Å². The Kier molecular flexibility index (Phi) is 4.75. The zero-order chi connectivity index (χ0) is 17.8. The maximum absolute atomic E-state index is 11.2. The third kappa shape index (κ3) is 4.01. The Morgan fingerprint density at radius 1 is 1.28 bits per heavy atom. The Hall–Kier alpha value is -3.20. The number of nitrogens with one attached hydrogen (secondary N) is 2. The van der Waals surface area contributed by atoms with Crippen LogP contribution in [0.5, 0.6) is 11.5 Å². The van der Waals surface area contributed by atoms with Crippen molar-refractivity contribution in [3.05, 3.63) is 57.6 Å². The Labute approximate surface area is 148 Å². The number of rotatable bonds is 4. The van der Waals surface area contributed by atoms with Crippen LogP contribution in [0.4, 0.5) is 11.4 Å². The standard InChI is InChI=1S/C16H14N4O4S/c1-10-2-4-12(5-3-10)18-16(25)19-17-8-11-6-14-15(24-9-23-14)7-13(11)20(21)22/h2-8H,9H2,1H3,(H2,18,19,25)/b17-8-. The summed E-state index contributed by atoms with van der Waals surface area (Å²) in [4.78, 5) is 10.7. The largest absolute Gasteiger partial charge is 0.454 e. The second-order valence-corrected chi connectivity index (χ2v) is 5.62. The van der Waals surface area contributed by atoms with Gasteiger partial charge in [-0.2, -0.15) is 5.10 Å². The molecule has 1 heterocycles. The molecule has 0 spiro atoms. The lowest BCUT2D eigenvalue weighted by Crippen LogP contribution is -2.23. The summed E-state index contributed by atoms with van der Waals surface area (Å²) in [5.41, 5.74) is 4.72. The van der Waals surface area contributed by atoms with E-state index in [0.29, 0.717) is 11.5 Å². The molecule has 1 aliphatic heterocycles. The van der Waals surface area contributed by atoms with Crippen LogP contribution in [0.1, 0.15) is 11.1 Å². The first kappa shape index (κ1) is 16.7. The van der Waals surface area contributed by atoms with Crippen LogP contribution in [0.2, 0.25) is 0 Å². The van der Waals surface area contributed by atoms with Crippen molar-refractivity contribution in [2.45, 2.75) is 6.92 Å². The van der Waals surface area contributed by atoms with E-state index in [4.69, 9.17) is 21.7 Å². The van der Waals surface area contributed by atoms with Crippen LogP contribution < -0.4 is 20.2 Å². The maximum Gasteiger partial charge on any atom is 0.282 e. The number of thiocarbonyl (C=S) groups is 1. The normalized spacial score (nSPS) is 12.2. The average molecular weight is 358 g/mol. The first-order chi connectivity index (χ1) is 12.0. The molecule has 0 saturated carbocycles. The molecule has 0 bridgehead atoms. The Balaban J connectivity index is 1.68. The van der Waals surface area contributed by atoms with E-state index in [9.17, 15) is 10.1 Å². The van der Waals surface area contributed by atoms with Gasteiger partial charge in [0.2, 0.25) is 6.79 Å². The molecule has 0 saturated heterocycles. The van der Waals surface area contributed by atoms with Gasteiger partial charge in [-0.05, 0) is 37.3 Å². The number of ether oxygens (including phenoxy) is 2. The van der Waals surface area contributed by atoms with Gasteiger partial charge in [-0.25, -0.2) is 0 Å². The third-order valence-electron chi connectivity index (χ3n) is 3.40. The van der Waals surface area contributed by atoms with Gasteiger partial charge in [-0.1, -0.05) is 17.7 Å². The number of hydrogen-bond acceptors (Lipinski definition) is 6. The van der Waals surface area contributed by atoms with Crippen molar-refractivity contribution in [3.63, 3.8) is 0 Å². The number of nitro benzene ring substituents is 1. The number of aryl methyl sites for hydroxylation is 1. The topological polar surface area (TPSA) is 98.0 Å². The molecule has 0 unspecified atom stereocenters. The summed E-state index contributed by atoms with van der Waals surface area (Å²) in [6.07, 6.45) is 1.31. The number of nitrogens with zero attached hydrogens (tertiary/aromatic N) is 2. The Morgan fingerprint density at radius 2 is 1.96 bits per heavy atom. The van der Waals surface area contributed by atoms with Gasteiger partial charge in [0.05, 0.1) is 22.8 Å². The van der Waals surface area contributed by atoms with Crippen molar-refractivity contribution in [1.29, 1.82) is 0 Å². The van der Waals surface area contributed by atoms with Gasteiger partial charge in [0.1, 0.15) is 0 Å². The predicted octanol–water partition coefficient (Wildman–Crippen LogP) is 2.95. The highest BCUT2D eigenvalue weighted by Gasteiger charge is 2.22. The molecule has 9 heteroatoms. The first-order valence-corrected chi connectivity index (χ1v) is 7.68. The molecule has 3 rings (SSSR count). The van der Waals surface area contributed by atoms with Crippen molar-refractivity contribution in [1.82, 2.24) is 5.43 Å². The predicted molar refractivity (Wildman–Crippen MR) is 97.3 cm³/mol. The monoisotopic (exact) mass is 358 g/mol. The van der Waals surface area contributed by atoms with Gasteiger partial charge in [0.25, 0.3) is 5.69 Å². The van der Waals surface area contributed by atoms with E-state index in [2.05, 4.69) is 15.8 Å². The van der Waals surface area contributed by atoms with Crippen LogP contribution in [0.15, 0.2) is 41.5 Å². The summed E-state index contributed by atoms with van der Waals surface area (Å²) in [6, 6.07) is 10.5. The van der Waals surface area contributed by atoms with E-state index in [1.807, 2.05) is 31.2 Å². The minimum Gasteiger partial charge on any atom is -0.454 e. The molecule has 0 radical (unpaired) electrons. The van der Waals surface area contributed by atoms with Gasteiger partial charge in [0.15, 0.2) is 16.6 Å². The lowest BCUT2D eigenvalue weighted by Gasteiger charge is -2.07. The van der Waals surface area contributed by atoms with Crippen molar-refractivity contribution in [2.24, 2.45) is 5.10 Å². The number of hydrazone groups is 1. The van der Waals surface area contributed by atoms with Crippen LogP contribution in [-0.2, 0) is 0 Å². The zero-order valence-electron chi connectivity index (χ0n) is 13.2. The average Bonchev–Trinajstić information content (AvgIpc) is 3.03. The first-order valence-electron chi connectivity index (χ1n) is 7.28. The van der Waals surface area contributed by atoms with Crippen molar-refractivity contribution in [3.8, 4) is 11.5 Å². The SMILES string of the molecule is Cc1ccc(NC(=S)N/N=C\c2cc3c(cc2[N+](=O)[O-])OCO3)cc1. The van der Waals surface area contributed by atoms with Crippen molar-refractivity contribution < 1.29 is 14.4 Å². The van der Waals surface area contributed by atoms with E-state index in [0.717, 1.165) is 11.3 Å². The highest BCUT2D eigenvalue weighted by molar-refractivity contribution is 7.80. The minimum absolute atomic E-state index is 0.0376. The number of anilines is 1. The molecule has 0 atom stereocenters. The summed E-state index contributed by atoms with van der Waals surface area (Å²) in [5, 5.41) is 18.4. The molecule has 0 fully saturated rings. The Bertz CT molecular complexity index is 852. The summed E-state index contributed by atoms with van der Waals surface area (Å²) >= 11 is 5.13. The molecule has 1 aliphatic rings. The lowest BCUT2D eigenvalue weighted by molar-refractivity contribution is -0.385. The molecule has 0 aromatic heterocycles. The lowest BCUT2D eigenvalue weighted by atomic mass is 10.1. The number of nitro groups is 1. The highest BCUT2D eigenvalue weighted by Crippen LogP contribution is 2.37. The van der Waals surface area contributed by atoms with Crippen LogP contribution in [0, 0.1) is 17.0 Å². The van der Waals surface area contributed by atoms with E-state index in [-0.39, 0.29) is 23.2 Å². The molecule has 2 N–H and O–H groups in total. The van der Waals surface area contributed by atoms with E-state index in [1.165, 1.54) is 18.3 Å². The fourth-order valence-electron chi connectivity index (χ4n) is 2.16. The van der Waals surface area contributed by atoms with Crippen LogP contribution in [0.25, 0.3) is 0 Å². The summed E-state index contributed by atoms with van der Waals surface area (Å²) in [6.45, 7) is 2.03. The number of fused-ring (bicyclic) bond motifs is 1. The molecule has 0 aliphatic carbocycles.